The molecule has 0 N–H and O–H groups in total. The van der Waals surface area contributed by atoms with Gasteiger partial charge in [-0.3, -0.25) is 0 Å². The van der Waals surface area contributed by atoms with E-state index in [-0.39, 0.29) is 4.90 Å². The van der Waals surface area contributed by atoms with Gasteiger partial charge in [0.1, 0.15) is 4.90 Å². The Labute approximate surface area is 113 Å². The van der Waals surface area contributed by atoms with E-state index in [2.05, 4.69) is 10.1 Å². The molecule has 2 rings (SSSR count). The van der Waals surface area contributed by atoms with Crippen molar-refractivity contribution in [1.29, 1.82) is 0 Å². The second-order valence-corrected chi connectivity index (χ2v) is 6.33. The van der Waals surface area contributed by atoms with Crippen molar-refractivity contribution in [2.24, 2.45) is 0 Å². The Morgan fingerprint density at radius 1 is 1.26 bits per heavy atom. The summed E-state index contributed by atoms with van der Waals surface area (Å²) in [5.41, 5.74) is 1.89. The summed E-state index contributed by atoms with van der Waals surface area (Å²) in [5, 5.41) is 4.43. The third-order valence-corrected chi connectivity index (χ3v) is 4.03. The van der Waals surface area contributed by atoms with Crippen molar-refractivity contribution in [3.63, 3.8) is 0 Å². The van der Waals surface area contributed by atoms with E-state index in [1.807, 2.05) is 19.9 Å². The summed E-state index contributed by atoms with van der Waals surface area (Å²) in [6, 6.07) is 5.17. The maximum Gasteiger partial charge on any atom is 0.179 e. The van der Waals surface area contributed by atoms with Gasteiger partial charge in [-0.1, -0.05) is 13.8 Å². The number of aryl methyl sites for hydroxylation is 2. The first-order valence-electron chi connectivity index (χ1n) is 6.20. The lowest BCUT2D eigenvalue weighted by molar-refractivity contribution is 0.599. The minimum absolute atomic E-state index is 0.204. The van der Waals surface area contributed by atoms with Gasteiger partial charge < -0.3 is 0 Å². The largest absolute Gasteiger partial charge is 0.236 e. The highest BCUT2D eigenvalue weighted by molar-refractivity contribution is 7.90. The Morgan fingerprint density at radius 3 is 2.58 bits per heavy atom. The molecule has 0 atom stereocenters. The van der Waals surface area contributed by atoms with Crippen LogP contribution in [0.4, 0.5) is 0 Å². The molecule has 0 amide bonds. The van der Waals surface area contributed by atoms with Crippen molar-refractivity contribution in [3.8, 4) is 5.82 Å². The molecule has 0 bridgehead atoms. The average molecular weight is 279 g/mol. The van der Waals surface area contributed by atoms with Crippen LogP contribution in [0.1, 0.15) is 25.2 Å². The third-order valence-electron chi connectivity index (χ3n) is 2.91. The highest BCUT2D eigenvalue weighted by Gasteiger charge is 2.18. The van der Waals surface area contributed by atoms with Gasteiger partial charge in [0.25, 0.3) is 0 Å². The van der Waals surface area contributed by atoms with E-state index < -0.39 is 9.84 Å². The van der Waals surface area contributed by atoms with E-state index in [0.29, 0.717) is 5.82 Å². The van der Waals surface area contributed by atoms with Gasteiger partial charge in [-0.15, -0.1) is 0 Å². The van der Waals surface area contributed by atoms with Crippen molar-refractivity contribution < 1.29 is 8.42 Å². The summed E-state index contributed by atoms with van der Waals surface area (Å²) in [7, 11) is -3.33. The lowest BCUT2D eigenvalue weighted by Gasteiger charge is -2.09. The Hall–Kier alpha value is -1.69. The van der Waals surface area contributed by atoms with Crippen LogP contribution in [0.15, 0.2) is 29.3 Å². The molecule has 0 fully saturated rings. The summed E-state index contributed by atoms with van der Waals surface area (Å²) in [6.45, 7) is 4.03. The third kappa shape index (κ3) is 2.68. The van der Waals surface area contributed by atoms with E-state index in [1.54, 1.807) is 23.0 Å². The molecule has 0 radical (unpaired) electrons. The maximum absolute atomic E-state index is 11.8. The molecule has 19 heavy (non-hydrogen) atoms. The predicted octanol–water partition coefficient (Wildman–Crippen LogP) is 1.80. The smallest absolute Gasteiger partial charge is 0.179 e. The van der Waals surface area contributed by atoms with Gasteiger partial charge >= 0.3 is 0 Å². The van der Waals surface area contributed by atoms with Crippen LogP contribution < -0.4 is 0 Å². The minimum atomic E-state index is -3.33. The molecular formula is C13H17N3O2S. The first-order valence-corrected chi connectivity index (χ1v) is 8.09. The van der Waals surface area contributed by atoms with Crippen LogP contribution in [0, 0.1) is 0 Å². The van der Waals surface area contributed by atoms with Crippen LogP contribution in [0.3, 0.4) is 0 Å². The molecule has 2 aromatic heterocycles. The second kappa shape index (κ2) is 5.13. The molecule has 102 valence electrons. The number of sulfone groups is 1. The highest BCUT2D eigenvalue weighted by atomic mass is 32.2. The van der Waals surface area contributed by atoms with Crippen LogP contribution >= 0.6 is 0 Å². The fourth-order valence-electron chi connectivity index (χ4n) is 1.91. The number of nitrogens with zero attached hydrogens (tertiary/aromatic N) is 3. The number of aromatic nitrogens is 3. The summed E-state index contributed by atoms with van der Waals surface area (Å²) in [6.07, 6.45) is 4.34. The normalized spacial score (nSPS) is 11.7. The Morgan fingerprint density at radius 2 is 2.00 bits per heavy atom. The summed E-state index contributed by atoms with van der Waals surface area (Å²) in [4.78, 5) is 4.40. The summed E-state index contributed by atoms with van der Waals surface area (Å²) < 4.78 is 25.3. The van der Waals surface area contributed by atoms with Crippen LogP contribution in [-0.4, -0.2) is 29.4 Å². The SMILES string of the molecule is CCc1cc(CC)n(-c2ncccc2S(C)(=O)=O)n1. The molecule has 0 aromatic carbocycles. The van der Waals surface area contributed by atoms with Crippen LogP contribution in [0.5, 0.6) is 0 Å². The van der Waals surface area contributed by atoms with E-state index in [1.165, 1.54) is 6.26 Å². The summed E-state index contributed by atoms with van der Waals surface area (Å²) >= 11 is 0. The number of hydrogen-bond donors (Lipinski definition) is 0. The number of pyridine rings is 1. The highest BCUT2D eigenvalue weighted by Crippen LogP contribution is 2.19. The molecule has 5 nitrogen and oxygen atoms in total. The van der Waals surface area contributed by atoms with Crippen molar-refractivity contribution in [2.45, 2.75) is 31.6 Å². The molecule has 2 heterocycles. The lowest BCUT2D eigenvalue weighted by atomic mass is 10.2. The molecule has 2 aromatic rings. The van der Waals surface area contributed by atoms with Crippen molar-refractivity contribution in [3.05, 3.63) is 35.8 Å². The monoisotopic (exact) mass is 279 g/mol. The second-order valence-electron chi connectivity index (χ2n) is 4.34. The van der Waals surface area contributed by atoms with Crippen molar-refractivity contribution >= 4 is 9.84 Å². The van der Waals surface area contributed by atoms with Crippen molar-refractivity contribution in [1.82, 2.24) is 14.8 Å². The predicted molar refractivity (Wildman–Crippen MR) is 73.2 cm³/mol. The molecular weight excluding hydrogens is 262 g/mol. The zero-order chi connectivity index (χ0) is 14.0. The molecule has 0 unspecified atom stereocenters. The number of rotatable bonds is 4. The molecule has 0 aliphatic heterocycles. The maximum atomic E-state index is 11.8. The van der Waals surface area contributed by atoms with Gasteiger partial charge in [0.15, 0.2) is 15.7 Å². The Balaban J connectivity index is 2.69. The Bertz CT molecular complexity index is 690. The number of hydrogen-bond acceptors (Lipinski definition) is 4. The fourth-order valence-corrected chi connectivity index (χ4v) is 2.71. The molecule has 0 saturated heterocycles. The lowest BCUT2D eigenvalue weighted by Crippen LogP contribution is -2.10. The molecule has 0 aliphatic rings. The summed E-state index contributed by atoms with van der Waals surface area (Å²) in [5.74, 6) is 0.376. The van der Waals surface area contributed by atoms with Gasteiger partial charge in [-0.05, 0) is 31.0 Å². The van der Waals surface area contributed by atoms with Gasteiger partial charge in [0.05, 0.1) is 5.69 Å². The van der Waals surface area contributed by atoms with Gasteiger partial charge in [0, 0.05) is 18.1 Å². The topological polar surface area (TPSA) is 64.8 Å². The molecule has 0 spiro atoms. The Kier molecular flexibility index (Phi) is 3.71. The van der Waals surface area contributed by atoms with Crippen LogP contribution in [-0.2, 0) is 22.7 Å². The molecule has 6 heteroatoms. The molecule has 0 saturated carbocycles. The zero-order valence-electron chi connectivity index (χ0n) is 11.3. The van der Waals surface area contributed by atoms with E-state index in [4.69, 9.17) is 0 Å². The standard InChI is InChI=1S/C13H17N3O2S/c1-4-10-9-11(5-2)16(15-10)13-12(19(3,17)18)7-6-8-14-13/h6-9H,4-5H2,1-3H3. The molecule has 0 aliphatic carbocycles. The fraction of sp³-hybridized carbons (Fsp3) is 0.385. The van der Waals surface area contributed by atoms with Gasteiger partial charge in [-0.25, -0.2) is 18.1 Å². The van der Waals surface area contributed by atoms with Crippen LogP contribution in [0.25, 0.3) is 5.82 Å². The van der Waals surface area contributed by atoms with Crippen LogP contribution in [0.2, 0.25) is 0 Å². The van der Waals surface area contributed by atoms with E-state index in [9.17, 15) is 8.42 Å². The minimum Gasteiger partial charge on any atom is -0.236 e. The average Bonchev–Trinajstić information content (AvgIpc) is 2.81. The van der Waals surface area contributed by atoms with Gasteiger partial charge in [-0.2, -0.15) is 5.10 Å². The zero-order valence-corrected chi connectivity index (χ0v) is 12.1. The first-order chi connectivity index (χ1) is 8.97. The van der Waals surface area contributed by atoms with Crippen molar-refractivity contribution in [2.75, 3.05) is 6.26 Å². The quantitative estimate of drug-likeness (QED) is 0.856. The first kappa shape index (κ1) is 13.7. The van der Waals surface area contributed by atoms with E-state index in [0.717, 1.165) is 24.2 Å². The van der Waals surface area contributed by atoms with E-state index >= 15 is 0 Å². The van der Waals surface area contributed by atoms with Gasteiger partial charge in [0.2, 0.25) is 0 Å².